The van der Waals surface area contributed by atoms with Gasteiger partial charge in [0.1, 0.15) is 12.4 Å². The molecule has 0 atom stereocenters. The van der Waals surface area contributed by atoms with Crippen molar-refractivity contribution in [2.75, 3.05) is 39.3 Å². The summed E-state index contributed by atoms with van der Waals surface area (Å²) in [5, 5.41) is 4.53. The molecule has 1 fully saturated rings. The SMILES string of the molecule is CCN(CC)CCOc1ccc2c(c1)C1(CCNCC1)c1[nH]c3ccccc3c1C2=O. The molecule has 2 heterocycles. The molecule has 2 N–H and O–H groups in total. The number of nitrogens with one attached hydrogen (secondary N) is 2. The zero-order valence-corrected chi connectivity index (χ0v) is 18.5. The number of carbonyl (C=O) groups is 1. The van der Waals surface area contributed by atoms with Crippen molar-refractivity contribution in [1.82, 2.24) is 15.2 Å². The van der Waals surface area contributed by atoms with Gasteiger partial charge in [0.2, 0.25) is 0 Å². The van der Waals surface area contributed by atoms with Gasteiger partial charge >= 0.3 is 0 Å². The topological polar surface area (TPSA) is 57.4 Å². The number of aromatic nitrogens is 1. The molecule has 2 aliphatic rings. The zero-order chi connectivity index (χ0) is 21.4. The predicted octanol–water partition coefficient (Wildman–Crippen LogP) is 4.10. The average Bonchev–Trinajstić information content (AvgIpc) is 3.22. The number of hydrogen-bond donors (Lipinski definition) is 2. The Morgan fingerprint density at radius 2 is 1.84 bits per heavy atom. The lowest BCUT2D eigenvalue weighted by atomic mass is 9.64. The van der Waals surface area contributed by atoms with Crippen molar-refractivity contribution >= 4 is 16.7 Å². The van der Waals surface area contributed by atoms with E-state index >= 15 is 0 Å². The van der Waals surface area contributed by atoms with E-state index in [1.165, 1.54) is 0 Å². The Bertz CT molecular complexity index is 1110. The molecule has 5 nitrogen and oxygen atoms in total. The largest absolute Gasteiger partial charge is 0.492 e. The van der Waals surface area contributed by atoms with Crippen LogP contribution in [0.1, 0.15) is 53.9 Å². The van der Waals surface area contributed by atoms with Gasteiger partial charge in [-0.3, -0.25) is 4.79 Å². The summed E-state index contributed by atoms with van der Waals surface area (Å²) in [6.07, 6.45) is 1.94. The van der Waals surface area contributed by atoms with Gasteiger partial charge in [-0.15, -0.1) is 0 Å². The van der Waals surface area contributed by atoms with E-state index in [0.29, 0.717) is 6.61 Å². The van der Waals surface area contributed by atoms with E-state index in [1.54, 1.807) is 0 Å². The van der Waals surface area contributed by atoms with E-state index < -0.39 is 0 Å². The van der Waals surface area contributed by atoms with Crippen LogP contribution < -0.4 is 10.1 Å². The van der Waals surface area contributed by atoms with Gasteiger partial charge in [-0.25, -0.2) is 0 Å². The van der Waals surface area contributed by atoms with Crippen LogP contribution in [0.5, 0.6) is 5.75 Å². The van der Waals surface area contributed by atoms with Crippen LogP contribution in [0.25, 0.3) is 10.9 Å². The van der Waals surface area contributed by atoms with E-state index in [1.807, 2.05) is 24.3 Å². The van der Waals surface area contributed by atoms with Crippen LogP contribution in [-0.4, -0.2) is 55.0 Å². The Labute approximate surface area is 183 Å². The molecule has 0 amide bonds. The standard InChI is InChI=1S/C26H31N3O2/c1-3-29(4-2)15-16-31-18-9-10-19-21(17-18)26(11-13-27-14-12-26)25-23(24(19)30)20-7-5-6-8-22(20)28-25/h5-10,17,27-28H,3-4,11-16H2,1-2H3. The highest BCUT2D eigenvalue weighted by Crippen LogP contribution is 2.49. The third kappa shape index (κ3) is 3.27. The number of para-hydroxylation sites is 1. The van der Waals surface area contributed by atoms with Gasteiger partial charge in [0.15, 0.2) is 5.78 Å². The molecule has 1 saturated heterocycles. The normalized spacial score (nSPS) is 17.2. The first kappa shape index (κ1) is 20.3. The first-order chi connectivity index (χ1) is 15.2. The summed E-state index contributed by atoms with van der Waals surface area (Å²) in [4.78, 5) is 19.6. The number of benzene rings is 2. The summed E-state index contributed by atoms with van der Waals surface area (Å²) in [6.45, 7) is 9.84. The number of fused-ring (bicyclic) bond motifs is 6. The number of nitrogens with zero attached hydrogens (tertiary/aromatic N) is 1. The van der Waals surface area contributed by atoms with Gasteiger partial charge in [-0.1, -0.05) is 32.0 Å². The molecule has 0 radical (unpaired) electrons. The third-order valence-corrected chi connectivity index (χ3v) is 7.19. The molecule has 1 aromatic heterocycles. The highest BCUT2D eigenvalue weighted by molar-refractivity contribution is 6.20. The maximum atomic E-state index is 13.6. The second-order valence-electron chi connectivity index (χ2n) is 8.66. The van der Waals surface area contributed by atoms with Crippen LogP contribution in [0.3, 0.4) is 0 Å². The minimum absolute atomic E-state index is 0.126. The molecule has 2 aromatic carbocycles. The quantitative estimate of drug-likeness (QED) is 0.634. The molecule has 1 aliphatic heterocycles. The monoisotopic (exact) mass is 417 g/mol. The molecule has 1 spiro atoms. The Balaban J connectivity index is 1.57. The van der Waals surface area contributed by atoms with Gasteiger partial charge in [-0.05, 0) is 68.8 Å². The summed E-state index contributed by atoms with van der Waals surface area (Å²) in [5.41, 5.74) is 4.77. The number of H-pyrrole nitrogens is 1. The number of ketones is 1. The maximum absolute atomic E-state index is 13.6. The van der Waals surface area contributed by atoms with E-state index in [9.17, 15) is 4.79 Å². The highest BCUT2D eigenvalue weighted by atomic mass is 16.5. The minimum Gasteiger partial charge on any atom is -0.492 e. The number of ether oxygens (including phenoxy) is 1. The molecular formula is C26H31N3O2. The fraction of sp³-hybridized carbons (Fsp3) is 0.423. The smallest absolute Gasteiger partial charge is 0.195 e. The first-order valence-corrected chi connectivity index (χ1v) is 11.5. The number of likely N-dealkylation sites (N-methyl/N-ethyl adjacent to an activating group) is 1. The molecule has 0 saturated carbocycles. The Morgan fingerprint density at radius 3 is 2.61 bits per heavy atom. The number of piperidine rings is 1. The molecular weight excluding hydrogens is 386 g/mol. The summed E-state index contributed by atoms with van der Waals surface area (Å²) in [6, 6.07) is 14.3. The first-order valence-electron chi connectivity index (χ1n) is 11.5. The van der Waals surface area contributed by atoms with Crippen LogP contribution in [0.4, 0.5) is 0 Å². The second-order valence-corrected chi connectivity index (χ2v) is 8.66. The fourth-order valence-corrected chi connectivity index (χ4v) is 5.42. The van der Waals surface area contributed by atoms with Crippen molar-refractivity contribution in [1.29, 1.82) is 0 Å². The average molecular weight is 418 g/mol. The van der Waals surface area contributed by atoms with E-state index in [0.717, 1.165) is 84.6 Å². The second kappa shape index (κ2) is 8.13. The lowest BCUT2D eigenvalue weighted by molar-refractivity contribution is 0.102. The summed E-state index contributed by atoms with van der Waals surface area (Å²) >= 11 is 0. The van der Waals surface area contributed by atoms with Gasteiger partial charge < -0.3 is 19.9 Å². The zero-order valence-electron chi connectivity index (χ0n) is 18.5. The lowest BCUT2D eigenvalue weighted by Crippen LogP contribution is -2.44. The molecule has 3 aromatic rings. The van der Waals surface area contributed by atoms with Crippen molar-refractivity contribution in [3.8, 4) is 5.75 Å². The predicted molar refractivity (Wildman–Crippen MR) is 124 cm³/mol. The summed E-state index contributed by atoms with van der Waals surface area (Å²) in [7, 11) is 0. The molecule has 5 heteroatoms. The van der Waals surface area contributed by atoms with Crippen LogP contribution >= 0.6 is 0 Å². The van der Waals surface area contributed by atoms with Gasteiger partial charge in [0.25, 0.3) is 0 Å². The van der Waals surface area contributed by atoms with Gasteiger partial charge in [-0.2, -0.15) is 0 Å². The van der Waals surface area contributed by atoms with E-state index in [-0.39, 0.29) is 11.2 Å². The van der Waals surface area contributed by atoms with E-state index in [4.69, 9.17) is 4.74 Å². The van der Waals surface area contributed by atoms with Gasteiger partial charge in [0, 0.05) is 34.1 Å². The van der Waals surface area contributed by atoms with Crippen molar-refractivity contribution in [2.45, 2.75) is 32.1 Å². The van der Waals surface area contributed by atoms with Gasteiger partial charge in [0.05, 0.1) is 5.56 Å². The Kier molecular flexibility index (Phi) is 5.32. The molecule has 31 heavy (non-hydrogen) atoms. The third-order valence-electron chi connectivity index (χ3n) is 7.19. The Morgan fingerprint density at radius 1 is 1.06 bits per heavy atom. The number of carbonyl (C=O) groups excluding carboxylic acids is 1. The molecule has 0 bridgehead atoms. The Hall–Kier alpha value is -2.63. The van der Waals surface area contributed by atoms with Crippen molar-refractivity contribution < 1.29 is 9.53 Å². The van der Waals surface area contributed by atoms with Crippen molar-refractivity contribution in [2.24, 2.45) is 0 Å². The fourth-order valence-electron chi connectivity index (χ4n) is 5.42. The molecule has 1 aliphatic carbocycles. The van der Waals surface area contributed by atoms with Crippen LogP contribution in [-0.2, 0) is 5.41 Å². The number of hydrogen-bond acceptors (Lipinski definition) is 4. The van der Waals surface area contributed by atoms with Crippen molar-refractivity contribution in [3.05, 3.63) is 64.8 Å². The molecule has 0 unspecified atom stereocenters. The lowest BCUT2D eigenvalue weighted by Gasteiger charge is -2.42. The van der Waals surface area contributed by atoms with Crippen molar-refractivity contribution in [3.63, 3.8) is 0 Å². The summed E-state index contributed by atoms with van der Waals surface area (Å²) < 4.78 is 6.14. The van der Waals surface area contributed by atoms with Crippen LogP contribution in [0, 0.1) is 0 Å². The number of aromatic amines is 1. The highest BCUT2D eigenvalue weighted by Gasteiger charge is 2.46. The molecule has 162 valence electrons. The van der Waals surface area contributed by atoms with Crippen LogP contribution in [0.15, 0.2) is 42.5 Å². The maximum Gasteiger partial charge on any atom is 0.195 e. The van der Waals surface area contributed by atoms with Crippen LogP contribution in [0.2, 0.25) is 0 Å². The minimum atomic E-state index is -0.179. The summed E-state index contributed by atoms with van der Waals surface area (Å²) in [5.74, 6) is 0.984. The number of rotatable bonds is 6. The van der Waals surface area contributed by atoms with E-state index in [2.05, 4.69) is 47.2 Å². The molecule has 5 rings (SSSR count).